The molecule has 0 saturated carbocycles. The third-order valence-electron chi connectivity index (χ3n) is 4.71. The van der Waals surface area contributed by atoms with E-state index in [0.29, 0.717) is 5.56 Å². The monoisotopic (exact) mass is 441 g/mol. The summed E-state index contributed by atoms with van der Waals surface area (Å²) in [7, 11) is 1.53. The van der Waals surface area contributed by atoms with E-state index < -0.39 is 17.4 Å². The molecule has 1 aromatic carbocycles. The first-order valence-electron chi connectivity index (χ1n) is 7.91. The lowest BCUT2D eigenvalue weighted by Crippen LogP contribution is -2.62. The summed E-state index contributed by atoms with van der Waals surface area (Å²) in [5, 5.41) is 13.1. The standard InChI is InChI=1S/C18H18BrF2N3OS/c1-17(14-12(19)8-9-26-14)13(15(25)24(3)16(22)23-17)10-4-6-11(7-5-10)18(2,20)21/h4-9,13H,1-3H3,(H2,22,23)/t13-,17+/m1/s1. The Hall–Kier alpha value is -1.80. The second-order valence-electron chi connectivity index (χ2n) is 6.61. The van der Waals surface area contributed by atoms with Crippen LogP contribution in [0.5, 0.6) is 0 Å². The van der Waals surface area contributed by atoms with Gasteiger partial charge < -0.3 is 5.32 Å². The zero-order chi connectivity index (χ0) is 19.3. The Morgan fingerprint density at radius 3 is 2.42 bits per heavy atom. The maximum absolute atomic E-state index is 13.5. The fourth-order valence-electron chi connectivity index (χ4n) is 3.25. The number of carbonyl (C=O) groups is 1. The summed E-state index contributed by atoms with van der Waals surface area (Å²) in [6.07, 6.45) is 0. The Morgan fingerprint density at radius 1 is 1.31 bits per heavy atom. The van der Waals surface area contributed by atoms with Crippen LogP contribution < -0.4 is 5.32 Å². The van der Waals surface area contributed by atoms with E-state index >= 15 is 0 Å². The Labute approximate surface area is 162 Å². The van der Waals surface area contributed by atoms with E-state index in [4.69, 9.17) is 5.41 Å². The van der Waals surface area contributed by atoms with Crippen molar-refractivity contribution >= 4 is 39.1 Å². The minimum atomic E-state index is -2.94. The minimum absolute atomic E-state index is 0.00533. The second-order valence-corrected chi connectivity index (χ2v) is 8.38. The number of nitrogens with zero attached hydrogens (tertiary/aromatic N) is 1. The maximum Gasteiger partial charge on any atom is 0.270 e. The van der Waals surface area contributed by atoms with Crippen LogP contribution in [0.15, 0.2) is 40.2 Å². The first kappa shape index (κ1) is 19.0. The number of hydrogen-bond donors (Lipinski definition) is 2. The predicted molar refractivity (Wildman–Crippen MR) is 102 cm³/mol. The van der Waals surface area contributed by atoms with Crippen molar-refractivity contribution in [3.63, 3.8) is 0 Å². The molecule has 0 spiro atoms. The van der Waals surface area contributed by atoms with E-state index in [9.17, 15) is 13.6 Å². The fraction of sp³-hybridized carbons (Fsp3) is 0.333. The van der Waals surface area contributed by atoms with E-state index in [1.807, 2.05) is 18.4 Å². The number of likely N-dealkylation sites (N-methyl/N-ethyl adjacent to an activating group) is 1. The predicted octanol–water partition coefficient (Wildman–Crippen LogP) is 4.62. The third kappa shape index (κ3) is 3.05. The maximum atomic E-state index is 13.5. The summed E-state index contributed by atoms with van der Waals surface area (Å²) in [6.45, 7) is 2.70. The second kappa shape index (κ2) is 6.42. The van der Waals surface area contributed by atoms with Gasteiger partial charge in [-0.3, -0.25) is 15.1 Å². The normalized spacial score (nSPS) is 23.9. The van der Waals surface area contributed by atoms with Crippen LogP contribution in [-0.2, 0) is 16.3 Å². The number of alkyl halides is 2. The average molecular weight is 442 g/mol. The van der Waals surface area contributed by atoms with Gasteiger partial charge in [0, 0.05) is 28.9 Å². The van der Waals surface area contributed by atoms with Crippen molar-refractivity contribution < 1.29 is 13.6 Å². The van der Waals surface area contributed by atoms with Gasteiger partial charge in [-0.25, -0.2) is 8.78 Å². The Bertz CT molecular complexity index is 862. The van der Waals surface area contributed by atoms with Gasteiger partial charge in [-0.1, -0.05) is 24.3 Å². The van der Waals surface area contributed by atoms with Crippen LogP contribution in [0.2, 0.25) is 0 Å². The molecule has 0 unspecified atom stereocenters. The highest BCUT2D eigenvalue weighted by atomic mass is 79.9. The smallest absolute Gasteiger partial charge is 0.270 e. The van der Waals surface area contributed by atoms with Crippen molar-refractivity contribution in [2.75, 3.05) is 7.05 Å². The molecule has 1 amide bonds. The molecule has 0 bridgehead atoms. The summed E-state index contributed by atoms with van der Waals surface area (Å²) in [5.41, 5.74) is -0.348. The summed E-state index contributed by atoms with van der Waals surface area (Å²) in [5.74, 6) is -3.85. The molecule has 2 heterocycles. The molecule has 26 heavy (non-hydrogen) atoms. The van der Waals surface area contributed by atoms with Crippen LogP contribution in [0.25, 0.3) is 0 Å². The quantitative estimate of drug-likeness (QED) is 0.729. The molecule has 8 heteroatoms. The van der Waals surface area contributed by atoms with Gasteiger partial charge in [0.15, 0.2) is 5.96 Å². The number of guanidine groups is 1. The van der Waals surface area contributed by atoms with Crippen molar-refractivity contribution in [3.05, 3.63) is 56.2 Å². The molecule has 2 atom stereocenters. The van der Waals surface area contributed by atoms with E-state index in [0.717, 1.165) is 16.3 Å². The summed E-state index contributed by atoms with van der Waals surface area (Å²) in [4.78, 5) is 15.1. The molecule has 3 rings (SSSR count). The highest BCUT2D eigenvalue weighted by molar-refractivity contribution is 9.10. The molecular formula is C18H18BrF2N3OS. The van der Waals surface area contributed by atoms with Gasteiger partial charge >= 0.3 is 0 Å². The first-order chi connectivity index (χ1) is 12.1. The SMILES string of the molecule is CN1C(=N)N[C@](C)(c2sccc2Br)[C@H](c2ccc(C(C)(F)F)cc2)C1=O. The summed E-state index contributed by atoms with van der Waals surface area (Å²) >= 11 is 4.97. The van der Waals surface area contributed by atoms with Gasteiger partial charge in [0.05, 0.1) is 11.5 Å². The number of carbonyl (C=O) groups excluding carboxylic acids is 1. The highest BCUT2D eigenvalue weighted by Gasteiger charge is 2.49. The fourth-order valence-corrected chi connectivity index (χ4v) is 5.18. The molecule has 1 aliphatic heterocycles. The van der Waals surface area contributed by atoms with Crippen LogP contribution in [-0.4, -0.2) is 23.8 Å². The van der Waals surface area contributed by atoms with Gasteiger partial charge in [0.25, 0.3) is 5.92 Å². The van der Waals surface area contributed by atoms with Gasteiger partial charge in [0.1, 0.15) is 0 Å². The Morgan fingerprint density at radius 2 is 1.92 bits per heavy atom. The molecule has 4 nitrogen and oxygen atoms in total. The van der Waals surface area contributed by atoms with E-state index in [2.05, 4.69) is 21.2 Å². The largest absolute Gasteiger partial charge is 0.345 e. The third-order valence-corrected chi connectivity index (χ3v) is 6.78. The lowest BCUT2D eigenvalue weighted by molar-refractivity contribution is -0.131. The summed E-state index contributed by atoms with van der Waals surface area (Å²) < 4.78 is 27.9. The molecule has 2 aromatic rings. The van der Waals surface area contributed by atoms with Crippen LogP contribution in [0.1, 0.15) is 35.8 Å². The van der Waals surface area contributed by atoms with Crippen LogP contribution >= 0.6 is 27.3 Å². The van der Waals surface area contributed by atoms with E-state index in [-0.39, 0.29) is 17.4 Å². The van der Waals surface area contributed by atoms with Crippen LogP contribution in [0.4, 0.5) is 8.78 Å². The van der Waals surface area contributed by atoms with Gasteiger partial charge in [0.2, 0.25) is 5.91 Å². The molecule has 1 saturated heterocycles. The number of benzene rings is 1. The van der Waals surface area contributed by atoms with Crippen molar-refractivity contribution in [1.29, 1.82) is 5.41 Å². The minimum Gasteiger partial charge on any atom is -0.345 e. The Kier molecular flexibility index (Phi) is 4.69. The number of halogens is 3. The molecule has 0 radical (unpaired) electrons. The van der Waals surface area contributed by atoms with Crippen molar-refractivity contribution in [1.82, 2.24) is 10.2 Å². The lowest BCUT2D eigenvalue weighted by Gasteiger charge is -2.45. The van der Waals surface area contributed by atoms with Crippen molar-refractivity contribution in [2.24, 2.45) is 0 Å². The molecule has 1 aliphatic rings. The molecular weight excluding hydrogens is 424 g/mol. The number of nitrogens with one attached hydrogen (secondary N) is 2. The molecule has 1 fully saturated rings. The number of amides is 1. The van der Waals surface area contributed by atoms with Gasteiger partial charge in [-0.2, -0.15) is 0 Å². The zero-order valence-corrected chi connectivity index (χ0v) is 16.8. The molecule has 1 aromatic heterocycles. The van der Waals surface area contributed by atoms with Gasteiger partial charge in [-0.05, 0) is 39.9 Å². The first-order valence-corrected chi connectivity index (χ1v) is 9.59. The average Bonchev–Trinajstić information content (AvgIpc) is 2.99. The molecule has 2 N–H and O–H groups in total. The number of hydrogen-bond acceptors (Lipinski definition) is 3. The number of rotatable bonds is 3. The Balaban J connectivity index is 2.12. The van der Waals surface area contributed by atoms with Crippen LogP contribution in [0, 0.1) is 5.41 Å². The summed E-state index contributed by atoms with van der Waals surface area (Å²) in [6, 6.07) is 7.73. The van der Waals surface area contributed by atoms with Crippen molar-refractivity contribution in [3.8, 4) is 0 Å². The highest BCUT2D eigenvalue weighted by Crippen LogP contribution is 2.45. The number of thiophene rings is 1. The van der Waals surface area contributed by atoms with Gasteiger partial charge in [-0.15, -0.1) is 11.3 Å². The van der Waals surface area contributed by atoms with Crippen LogP contribution in [0.3, 0.4) is 0 Å². The lowest BCUT2D eigenvalue weighted by atomic mass is 9.76. The molecule has 138 valence electrons. The topological polar surface area (TPSA) is 56.2 Å². The van der Waals surface area contributed by atoms with E-state index in [1.54, 1.807) is 12.1 Å². The molecule has 0 aliphatic carbocycles. The van der Waals surface area contributed by atoms with E-state index in [1.165, 1.54) is 35.4 Å². The zero-order valence-electron chi connectivity index (χ0n) is 14.4. The van der Waals surface area contributed by atoms with Crippen molar-refractivity contribution in [2.45, 2.75) is 31.2 Å².